The third-order valence-electron chi connectivity index (χ3n) is 4.53. The van der Waals surface area contributed by atoms with Gasteiger partial charge in [0, 0.05) is 12.1 Å². The molecule has 1 aromatic carbocycles. The number of nitrogens with zero attached hydrogens (tertiary/aromatic N) is 1. The first kappa shape index (κ1) is 15.5. The molecule has 0 amide bonds. The minimum absolute atomic E-state index is 0.635. The topological polar surface area (TPSA) is 15.3 Å². The van der Waals surface area contributed by atoms with Gasteiger partial charge in [-0.25, -0.2) is 0 Å². The Morgan fingerprint density at radius 2 is 1.75 bits per heavy atom. The average molecular weight is 274 g/mol. The molecule has 1 atom stereocenters. The van der Waals surface area contributed by atoms with Crippen molar-refractivity contribution >= 4 is 0 Å². The summed E-state index contributed by atoms with van der Waals surface area (Å²) in [5.41, 5.74) is 1.53. The van der Waals surface area contributed by atoms with Crippen LogP contribution in [0.25, 0.3) is 0 Å². The molecular formula is C18H30N2. The highest BCUT2D eigenvalue weighted by Crippen LogP contribution is 2.32. The number of hydrogen-bond donors (Lipinski definition) is 1. The minimum atomic E-state index is 0.635. The Kier molecular flexibility index (Phi) is 6.06. The van der Waals surface area contributed by atoms with Gasteiger partial charge in [-0.2, -0.15) is 0 Å². The maximum absolute atomic E-state index is 3.82. The maximum Gasteiger partial charge on any atom is 0.00699 e. The Labute approximate surface area is 124 Å². The lowest BCUT2D eigenvalue weighted by Gasteiger charge is -2.31. The molecule has 0 bridgehead atoms. The second-order valence-corrected chi connectivity index (χ2v) is 6.62. The molecule has 2 rings (SSSR count). The van der Waals surface area contributed by atoms with Crippen molar-refractivity contribution in [3.63, 3.8) is 0 Å². The minimum Gasteiger partial charge on any atom is -0.311 e. The number of rotatable bonds is 6. The number of benzene rings is 1. The van der Waals surface area contributed by atoms with E-state index >= 15 is 0 Å². The number of nitrogens with one attached hydrogen (secondary N) is 1. The van der Waals surface area contributed by atoms with Crippen LogP contribution in [-0.4, -0.2) is 37.6 Å². The van der Waals surface area contributed by atoms with Gasteiger partial charge in [0.25, 0.3) is 0 Å². The highest BCUT2D eigenvalue weighted by molar-refractivity contribution is 5.20. The first-order chi connectivity index (χ1) is 9.65. The highest BCUT2D eigenvalue weighted by Gasteiger charge is 2.22. The molecule has 0 radical (unpaired) electrons. The molecule has 1 saturated carbocycles. The van der Waals surface area contributed by atoms with E-state index in [9.17, 15) is 0 Å². The first-order valence-corrected chi connectivity index (χ1v) is 8.11. The molecule has 2 nitrogen and oxygen atoms in total. The molecule has 0 aromatic heterocycles. The largest absolute Gasteiger partial charge is 0.311 e. The van der Waals surface area contributed by atoms with Crippen molar-refractivity contribution in [1.29, 1.82) is 0 Å². The summed E-state index contributed by atoms with van der Waals surface area (Å²) in [4.78, 5) is 2.27. The lowest BCUT2D eigenvalue weighted by Crippen LogP contribution is -2.40. The molecule has 2 heteroatoms. The predicted octanol–water partition coefficient (Wildman–Crippen LogP) is 3.64. The summed E-state index contributed by atoms with van der Waals surface area (Å²) < 4.78 is 0. The molecule has 0 spiro atoms. The van der Waals surface area contributed by atoms with Gasteiger partial charge in [0.2, 0.25) is 0 Å². The third kappa shape index (κ3) is 4.92. The van der Waals surface area contributed by atoms with Crippen LogP contribution in [0.2, 0.25) is 0 Å². The normalized spacial score (nSPS) is 24.8. The standard InChI is InChI=1S/C18H30N2/c1-15(13-14-20(2)3)19-18-11-9-17(10-12-18)16-7-5-4-6-8-16/h4-8,15,17-19H,9-14H2,1-3H3. The van der Waals surface area contributed by atoms with Gasteiger partial charge in [0.05, 0.1) is 0 Å². The van der Waals surface area contributed by atoms with Crippen LogP contribution in [0.15, 0.2) is 30.3 Å². The molecule has 1 aliphatic rings. The fraction of sp³-hybridized carbons (Fsp3) is 0.667. The van der Waals surface area contributed by atoms with Crippen molar-refractivity contribution in [2.75, 3.05) is 20.6 Å². The summed E-state index contributed by atoms with van der Waals surface area (Å²) >= 11 is 0. The van der Waals surface area contributed by atoms with Gasteiger partial charge in [-0.15, -0.1) is 0 Å². The Morgan fingerprint density at radius 3 is 2.35 bits per heavy atom. The zero-order chi connectivity index (χ0) is 14.4. The smallest absolute Gasteiger partial charge is 0.00699 e. The molecule has 1 aromatic rings. The average Bonchev–Trinajstić information content (AvgIpc) is 2.47. The second-order valence-electron chi connectivity index (χ2n) is 6.62. The van der Waals surface area contributed by atoms with E-state index in [1.165, 1.54) is 44.2 Å². The Morgan fingerprint density at radius 1 is 1.10 bits per heavy atom. The van der Waals surface area contributed by atoms with Gasteiger partial charge in [-0.3, -0.25) is 0 Å². The quantitative estimate of drug-likeness (QED) is 0.852. The zero-order valence-electron chi connectivity index (χ0n) is 13.3. The molecule has 1 fully saturated rings. The van der Waals surface area contributed by atoms with E-state index in [4.69, 9.17) is 0 Å². The van der Waals surface area contributed by atoms with E-state index in [0.29, 0.717) is 6.04 Å². The van der Waals surface area contributed by atoms with E-state index in [1.54, 1.807) is 0 Å². The highest BCUT2D eigenvalue weighted by atomic mass is 15.1. The fourth-order valence-corrected chi connectivity index (χ4v) is 3.26. The van der Waals surface area contributed by atoms with Crippen molar-refractivity contribution in [1.82, 2.24) is 10.2 Å². The summed E-state index contributed by atoms with van der Waals surface area (Å²) in [5.74, 6) is 0.784. The van der Waals surface area contributed by atoms with Crippen molar-refractivity contribution in [2.45, 2.75) is 57.0 Å². The summed E-state index contributed by atoms with van der Waals surface area (Å²) in [6.45, 7) is 3.50. The van der Waals surface area contributed by atoms with E-state index in [2.05, 4.69) is 61.6 Å². The van der Waals surface area contributed by atoms with Crippen molar-refractivity contribution in [3.8, 4) is 0 Å². The SMILES string of the molecule is CC(CCN(C)C)NC1CCC(c2ccccc2)CC1. The molecule has 0 aliphatic heterocycles. The molecule has 0 heterocycles. The van der Waals surface area contributed by atoms with E-state index < -0.39 is 0 Å². The van der Waals surface area contributed by atoms with Gasteiger partial charge >= 0.3 is 0 Å². The monoisotopic (exact) mass is 274 g/mol. The first-order valence-electron chi connectivity index (χ1n) is 8.11. The Bertz CT molecular complexity index is 366. The van der Waals surface area contributed by atoms with Crippen LogP contribution in [0.5, 0.6) is 0 Å². The molecular weight excluding hydrogens is 244 g/mol. The Balaban J connectivity index is 1.71. The fourth-order valence-electron chi connectivity index (χ4n) is 3.26. The lowest BCUT2D eigenvalue weighted by molar-refractivity contribution is 0.297. The molecule has 1 N–H and O–H groups in total. The molecule has 1 aliphatic carbocycles. The van der Waals surface area contributed by atoms with E-state index in [1.807, 2.05) is 0 Å². The van der Waals surface area contributed by atoms with Crippen LogP contribution in [0, 0.1) is 0 Å². The van der Waals surface area contributed by atoms with Crippen LogP contribution in [0.4, 0.5) is 0 Å². The van der Waals surface area contributed by atoms with Gasteiger partial charge in [-0.1, -0.05) is 30.3 Å². The van der Waals surface area contributed by atoms with Gasteiger partial charge in [0.15, 0.2) is 0 Å². The van der Waals surface area contributed by atoms with Gasteiger partial charge in [0.1, 0.15) is 0 Å². The second kappa shape index (κ2) is 7.80. The predicted molar refractivity (Wildman–Crippen MR) is 87.2 cm³/mol. The van der Waals surface area contributed by atoms with Gasteiger partial charge < -0.3 is 10.2 Å². The van der Waals surface area contributed by atoms with Crippen LogP contribution in [0.3, 0.4) is 0 Å². The zero-order valence-corrected chi connectivity index (χ0v) is 13.3. The third-order valence-corrected chi connectivity index (χ3v) is 4.53. The number of hydrogen-bond acceptors (Lipinski definition) is 2. The van der Waals surface area contributed by atoms with E-state index in [-0.39, 0.29) is 0 Å². The maximum atomic E-state index is 3.82. The molecule has 1 unspecified atom stereocenters. The summed E-state index contributed by atoms with van der Waals surface area (Å²) in [6.07, 6.45) is 6.56. The van der Waals surface area contributed by atoms with Crippen LogP contribution in [-0.2, 0) is 0 Å². The molecule has 20 heavy (non-hydrogen) atoms. The van der Waals surface area contributed by atoms with Crippen molar-refractivity contribution < 1.29 is 0 Å². The summed E-state index contributed by atoms with van der Waals surface area (Å²) in [7, 11) is 4.30. The van der Waals surface area contributed by atoms with Crippen molar-refractivity contribution in [2.24, 2.45) is 0 Å². The van der Waals surface area contributed by atoms with Crippen LogP contribution in [0.1, 0.15) is 50.5 Å². The van der Waals surface area contributed by atoms with Crippen molar-refractivity contribution in [3.05, 3.63) is 35.9 Å². The molecule has 112 valence electrons. The Hall–Kier alpha value is -0.860. The summed E-state index contributed by atoms with van der Waals surface area (Å²) in [6, 6.07) is 12.4. The van der Waals surface area contributed by atoms with Crippen LogP contribution < -0.4 is 5.32 Å². The lowest BCUT2D eigenvalue weighted by atomic mass is 9.81. The summed E-state index contributed by atoms with van der Waals surface area (Å²) in [5, 5.41) is 3.82. The van der Waals surface area contributed by atoms with Gasteiger partial charge in [-0.05, 0) is 71.1 Å². The molecule has 0 saturated heterocycles. The van der Waals surface area contributed by atoms with Crippen LogP contribution >= 0.6 is 0 Å². The van der Waals surface area contributed by atoms with E-state index in [0.717, 1.165) is 12.0 Å².